The van der Waals surface area contributed by atoms with Crippen molar-refractivity contribution in [2.45, 2.75) is 74.7 Å². The third kappa shape index (κ3) is 2.98. The zero-order valence-corrected chi connectivity index (χ0v) is 14.1. The molecule has 19 heavy (non-hydrogen) atoms. The third-order valence-electron chi connectivity index (χ3n) is 4.90. The van der Waals surface area contributed by atoms with Gasteiger partial charge in [-0.1, -0.05) is 55.4 Å². The molecule has 0 amide bonds. The molecule has 1 saturated carbocycles. The molecule has 1 aliphatic rings. The first-order valence-electron chi connectivity index (χ1n) is 7.57. The van der Waals surface area contributed by atoms with Crippen LogP contribution in [0.5, 0.6) is 0 Å². The van der Waals surface area contributed by atoms with E-state index in [9.17, 15) is 4.79 Å². The maximum absolute atomic E-state index is 12.6. The normalized spacial score (nSPS) is 31.2. The van der Waals surface area contributed by atoms with Gasteiger partial charge in [0.15, 0.2) is 0 Å². The van der Waals surface area contributed by atoms with Crippen LogP contribution >= 0.6 is 0 Å². The quantitative estimate of drug-likeness (QED) is 0.683. The average molecular weight is 268 g/mol. The number of esters is 1. The van der Waals surface area contributed by atoms with Crippen LogP contribution in [0, 0.1) is 21.7 Å². The van der Waals surface area contributed by atoms with Gasteiger partial charge in [-0.3, -0.25) is 4.79 Å². The van der Waals surface area contributed by atoms with Crippen LogP contribution < -0.4 is 0 Å². The highest BCUT2D eigenvalue weighted by molar-refractivity contribution is 5.82. The minimum atomic E-state index is -0.279. The summed E-state index contributed by atoms with van der Waals surface area (Å²) in [4.78, 5) is 12.6. The highest BCUT2D eigenvalue weighted by Crippen LogP contribution is 2.75. The topological polar surface area (TPSA) is 26.3 Å². The van der Waals surface area contributed by atoms with E-state index >= 15 is 0 Å². The van der Waals surface area contributed by atoms with Crippen molar-refractivity contribution in [2.75, 3.05) is 6.61 Å². The molecule has 0 bridgehead atoms. The molecule has 2 unspecified atom stereocenters. The van der Waals surface area contributed by atoms with E-state index in [-0.39, 0.29) is 27.6 Å². The molecule has 1 fully saturated rings. The fraction of sp³-hybridized carbons (Fsp3) is 0.941. The van der Waals surface area contributed by atoms with Crippen LogP contribution in [-0.4, -0.2) is 12.6 Å². The predicted octanol–water partition coefficient (Wildman–Crippen LogP) is 4.82. The molecule has 1 rings (SSSR count). The van der Waals surface area contributed by atoms with Gasteiger partial charge in [0.05, 0.1) is 12.0 Å². The summed E-state index contributed by atoms with van der Waals surface area (Å²) in [5.74, 6) is 0.0294. The second-order valence-electron chi connectivity index (χ2n) is 8.71. The summed E-state index contributed by atoms with van der Waals surface area (Å²) in [6, 6.07) is 0. The Morgan fingerprint density at radius 1 is 1.16 bits per heavy atom. The molecule has 0 saturated heterocycles. The molecule has 2 heteroatoms. The van der Waals surface area contributed by atoms with Crippen molar-refractivity contribution in [3.63, 3.8) is 0 Å². The van der Waals surface area contributed by atoms with Crippen LogP contribution in [0.4, 0.5) is 0 Å². The molecule has 0 aromatic rings. The summed E-state index contributed by atoms with van der Waals surface area (Å²) < 4.78 is 5.52. The number of hydrogen-bond acceptors (Lipinski definition) is 2. The minimum Gasteiger partial charge on any atom is -0.465 e. The van der Waals surface area contributed by atoms with Crippen LogP contribution in [0.3, 0.4) is 0 Å². The van der Waals surface area contributed by atoms with E-state index in [0.717, 1.165) is 19.3 Å². The molecule has 0 aromatic heterocycles. The Morgan fingerprint density at radius 3 is 2.00 bits per heavy atom. The second kappa shape index (κ2) is 4.79. The minimum absolute atomic E-state index is 0.0294. The van der Waals surface area contributed by atoms with Crippen LogP contribution in [0.15, 0.2) is 0 Å². The molecule has 0 aromatic carbocycles. The van der Waals surface area contributed by atoms with Crippen molar-refractivity contribution in [3.05, 3.63) is 0 Å². The van der Waals surface area contributed by atoms with E-state index < -0.39 is 0 Å². The summed E-state index contributed by atoms with van der Waals surface area (Å²) >= 11 is 0. The van der Waals surface area contributed by atoms with Gasteiger partial charge in [-0.15, -0.1) is 0 Å². The fourth-order valence-electron chi connectivity index (χ4n) is 3.41. The maximum Gasteiger partial charge on any atom is 0.312 e. The van der Waals surface area contributed by atoms with Crippen LogP contribution in [0.1, 0.15) is 74.7 Å². The van der Waals surface area contributed by atoms with Gasteiger partial charge in [0.25, 0.3) is 0 Å². The van der Waals surface area contributed by atoms with E-state index in [2.05, 4.69) is 48.5 Å². The van der Waals surface area contributed by atoms with Crippen molar-refractivity contribution in [1.82, 2.24) is 0 Å². The van der Waals surface area contributed by atoms with Crippen molar-refractivity contribution >= 4 is 5.97 Å². The molecule has 2 atom stereocenters. The summed E-state index contributed by atoms with van der Waals surface area (Å²) in [7, 11) is 0. The highest BCUT2D eigenvalue weighted by atomic mass is 16.5. The van der Waals surface area contributed by atoms with Crippen molar-refractivity contribution in [1.29, 1.82) is 0 Å². The smallest absolute Gasteiger partial charge is 0.312 e. The van der Waals surface area contributed by atoms with Crippen LogP contribution in [0.25, 0.3) is 0 Å². The molecular weight excluding hydrogens is 236 g/mol. The van der Waals surface area contributed by atoms with E-state index in [1.807, 2.05) is 6.92 Å². The lowest BCUT2D eigenvalue weighted by Gasteiger charge is -2.35. The number of rotatable bonds is 4. The lowest BCUT2D eigenvalue weighted by molar-refractivity contribution is -0.154. The number of carbonyl (C=O) groups excluding carboxylic acids is 1. The average Bonchev–Trinajstić information content (AvgIpc) is 2.79. The zero-order chi connectivity index (χ0) is 15.1. The molecule has 0 radical (unpaired) electrons. The molecule has 0 heterocycles. The second-order valence-corrected chi connectivity index (χ2v) is 8.71. The summed E-state index contributed by atoms with van der Waals surface area (Å²) in [6.45, 7) is 18.2. The lowest BCUT2D eigenvalue weighted by Crippen LogP contribution is -2.35. The SMILES string of the molecule is CCCOC(=O)C1(CC(C)(C)C)CC1(C)C(C)(C)C. The first-order chi connectivity index (χ1) is 8.40. The molecule has 112 valence electrons. The Labute approximate surface area is 119 Å². The Hall–Kier alpha value is -0.530. The van der Waals surface area contributed by atoms with Gasteiger partial charge in [0.1, 0.15) is 0 Å². The highest BCUT2D eigenvalue weighted by Gasteiger charge is 2.74. The lowest BCUT2D eigenvalue weighted by atomic mass is 9.69. The summed E-state index contributed by atoms with van der Waals surface area (Å²) in [6.07, 6.45) is 2.77. The zero-order valence-electron chi connectivity index (χ0n) is 14.1. The van der Waals surface area contributed by atoms with Gasteiger partial charge in [-0.25, -0.2) is 0 Å². The van der Waals surface area contributed by atoms with Crippen molar-refractivity contribution in [2.24, 2.45) is 21.7 Å². The Kier molecular flexibility index (Phi) is 4.16. The third-order valence-corrected chi connectivity index (χ3v) is 4.90. The van der Waals surface area contributed by atoms with Gasteiger partial charge in [0.2, 0.25) is 0 Å². The van der Waals surface area contributed by atoms with E-state index in [1.54, 1.807) is 0 Å². The van der Waals surface area contributed by atoms with Gasteiger partial charge in [-0.05, 0) is 35.5 Å². The van der Waals surface area contributed by atoms with Crippen LogP contribution in [-0.2, 0) is 9.53 Å². The Morgan fingerprint density at radius 2 is 1.68 bits per heavy atom. The molecular formula is C17H32O2. The number of ether oxygens (including phenoxy) is 1. The van der Waals surface area contributed by atoms with Gasteiger partial charge >= 0.3 is 5.97 Å². The summed E-state index contributed by atoms with van der Waals surface area (Å²) in [5.41, 5.74) is 0.0501. The first kappa shape index (κ1) is 16.5. The maximum atomic E-state index is 12.6. The number of hydrogen-bond donors (Lipinski definition) is 0. The number of carbonyl (C=O) groups is 1. The molecule has 1 aliphatic carbocycles. The molecule has 0 spiro atoms. The predicted molar refractivity (Wildman–Crippen MR) is 79.9 cm³/mol. The molecule has 0 N–H and O–H groups in total. The van der Waals surface area contributed by atoms with Gasteiger partial charge in [0, 0.05) is 0 Å². The van der Waals surface area contributed by atoms with Gasteiger partial charge < -0.3 is 4.74 Å². The molecule has 2 nitrogen and oxygen atoms in total. The first-order valence-corrected chi connectivity index (χ1v) is 7.57. The molecule has 0 aliphatic heterocycles. The van der Waals surface area contributed by atoms with Crippen molar-refractivity contribution < 1.29 is 9.53 Å². The van der Waals surface area contributed by atoms with E-state index in [1.165, 1.54) is 0 Å². The van der Waals surface area contributed by atoms with E-state index in [4.69, 9.17) is 4.74 Å². The van der Waals surface area contributed by atoms with E-state index in [0.29, 0.717) is 6.61 Å². The largest absolute Gasteiger partial charge is 0.465 e. The Balaban J connectivity index is 3.00. The summed E-state index contributed by atoms with van der Waals surface area (Å²) in [5, 5.41) is 0. The monoisotopic (exact) mass is 268 g/mol. The fourth-order valence-corrected chi connectivity index (χ4v) is 3.41. The van der Waals surface area contributed by atoms with Crippen LogP contribution in [0.2, 0.25) is 0 Å². The van der Waals surface area contributed by atoms with Crippen molar-refractivity contribution in [3.8, 4) is 0 Å². The van der Waals surface area contributed by atoms with Gasteiger partial charge in [-0.2, -0.15) is 0 Å². The standard InChI is InChI=1S/C17H32O2/c1-9-10-19-13(18)17(11-14(2,3)4)12-16(17,8)15(5,6)7/h9-12H2,1-8H3. The Bertz CT molecular complexity index is 345.